The summed E-state index contributed by atoms with van der Waals surface area (Å²) >= 11 is 0. The summed E-state index contributed by atoms with van der Waals surface area (Å²) in [6.07, 6.45) is 4.65. The first kappa shape index (κ1) is 23.0. The van der Waals surface area contributed by atoms with E-state index < -0.39 is 22.5 Å². The Hall–Kier alpha value is -3.72. The minimum atomic E-state index is -4.05. The molecule has 0 saturated carbocycles. The van der Waals surface area contributed by atoms with E-state index in [-0.39, 0.29) is 10.6 Å². The third-order valence-electron chi connectivity index (χ3n) is 4.44. The lowest BCUT2D eigenvalue weighted by Gasteiger charge is -2.25. The molecule has 32 heavy (non-hydrogen) atoms. The largest absolute Gasteiger partial charge is 0.492 e. The fourth-order valence-electron chi connectivity index (χ4n) is 2.87. The highest BCUT2D eigenvalue weighted by atomic mass is 32.2. The number of pyridine rings is 1. The summed E-state index contributed by atoms with van der Waals surface area (Å²) in [5.74, 6) is -0.240. The van der Waals surface area contributed by atoms with Gasteiger partial charge in [-0.1, -0.05) is 29.8 Å². The Kier molecular flexibility index (Phi) is 7.56. The first-order valence-corrected chi connectivity index (χ1v) is 11.4. The molecular weight excluding hydrogens is 428 g/mol. The summed E-state index contributed by atoms with van der Waals surface area (Å²) in [6.45, 7) is 3.54. The summed E-state index contributed by atoms with van der Waals surface area (Å²) in [6, 6.07) is 16.6. The van der Waals surface area contributed by atoms with E-state index >= 15 is 0 Å². The second kappa shape index (κ2) is 10.5. The normalized spacial score (nSPS) is 11.3. The Balaban J connectivity index is 1.91. The van der Waals surface area contributed by atoms with Gasteiger partial charge in [-0.2, -0.15) is 5.10 Å². The lowest BCUT2D eigenvalue weighted by Crippen LogP contribution is -2.39. The number of aryl methyl sites for hydroxylation is 1. The average molecular weight is 453 g/mol. The first-order valence-electron chi connectivity index (χ1n) is 9.95. The number of sulfonamides is 1. The van der Waals surface area contributed by atoms with E-state index in [1.165, 1.54) is 18.3 Å². The average Bonchev–Trinajstić information content (AvgIpc) is 2.79. The van der Waals surface area contributed by atoms with E-state index in [2.05, 4.69) is 15.5 Å². The molecule has 1 N–H and O–H groups in total. The monoisotopic (exact) mass is 452 g/mol. The Morgan fingerprint density at radius 2 is 1.78 bits per heavy atom. The van der Waals surface area contributed by atoms with Gasteiger partial charge in [0.05, 0.1) is 23.4 Å². The number of hydrogen-bond acceptors (Lipinski definition) is 6. The number of rotatable bonds is 9. The van der Waals surface area contributed by atoms with Gasteiger partial charge in [0.2, 0.25) is 0 Å². The van der Waals surface area contributed by atoms with Crippen LogP contribution in [-0.2, 0) is 14.8 Å². The Labute approximate surface area is 187 Å². The van der Waals surface area contributed by atoms with Gasteiger partial charge in [0.25, 0.3) is 15.9 Å². The fraction of sp³-hybridized carbons (Fsp3) is 0.174. The highest BCUT2D eigenvalue weighted by Gasteiger charge is 2.29. The van der Waals surface area contributed by atoms with Crippen LogP contribution in [0.15, 0.2) is 83.1 Å². The zero-order valence-corrected chi connectivity index (χ0v) is 18.6. The van der Waals surface area contributed by atoms with E-state index in [0.717, 1.165) is 15.4 Å². The van der Waals surface area contributed by atoms with Gasteiger partial charge in [-0.05, 0) is 55.8 Å². The molecule has 0 radical (unpaired) electrons. The number of nitrogens with one attached hydrogen (secondary N) is 1. The van der Waals surface area contributed by atoms with Crippen molar-refractivity contribution in [3.8, 4) is 5.75 Å². The lowest BCUT2D eigenvalue weighted by molar-refractivity contribution is -0.119. The van der Waals surface area contributed by atoms with Gasteiger partial charge < -0.3 is 4.74 Å². The highest BCUT2D eigenvalue weighted by Crippen LogP contribution is 2.32. The number of benzene rings is 2. The molecule has 0 unspecified atom stereocenters. The summed E-state index contributed by atoms with van der Waals surface area (Å²) in [7, 11) is -4.05. The van der Waals surface area contributed by atoms with Gasteiger partial charge in [0.1, 0.15) is 12.3 Å². The SMILES string of the molecule is CCOc1ccccc1N(CC(=O)N/N=C\c1ccncc1)S(=O)(=O)c1ccc(C)cc1. The van der Waals surface area contributed by atoms with Crippen LogP contribution in [0.3, 0.4) is 0 Å². The van der Waals surface area contributed by atoms with Crippen molar-refractivity contribution in [3.63, 3.8) is 0 Å². The zero-order chi connectivity index (χ0) is 23.0. The van der Waals surface area contributed by atoms with Crippen molar-refractivity contribution in [1.29, 1.82) is 0 Å². The molecule has 0 aliphatic carbocycles. The van der Waals surface area contributed by atoms with Crippen LogP contribution in [0.5, 0.6) is 5.75 Å². The van der Waals surface area contributed by atoms with Crippen LogP contribution in [0.25, 0.3) is 0 Å². The van der Waals surface area contributed by atoms with Crippen LogP contribution in [-0.4, -0.2) is 38.7 Å². The van der Waals surface area contributed by atoms with Crippen molar-refractivity contribution >= 4 is 27.8 Å². The van der Waals surface area contributed by atoms with Crippen molar-refractivity contribution in [2.24, 2.45) is 5.10 Å². The van der Waals surface area contributed by atoms with Gasteiger partial charge in [-0.15, -0.1) is 0 Å². The number of hydrogen-bond donors (Lipinski definition) is 1. The van der Waals surface area contributed by atoms with E-state index in [9.17, 15) is 13.2 Å². The minimum absolute atomic E-state index is 0.0717. The van der Waals surface area contributed by atoms with Crippen molar-refractivity contribution in [3.05, 3.63) is 84.2 Å². The van der Waals surface area contributed by atoms with Gasteiger partial charge in [-0.3, -0.25) is 14.1 Å². The van der Waals surface area contributed by atoms with E-state index in [0.29, 0.717) is 12.4 Å². The molecule has 3 rings (SSSR count). The number of hydrazone groups is 1. The second-order valence-corrected chi connectivity index (χ2v) is 8.66. The number of aromatic nitrogens is 1. The summed E-state index contributed by atoms with van der Waals surface area (Å²) in [5, 5.41) is 3.91. The molecule has 2 aromatic carbocycles. The van der Waals surface area contributed by atoms with Crippen molar-refractivity contribution < 1.29 is 17.9 Å². The molecule has 0 saturated heterocycles. The quantitative estimate of drug-likeness (QED) is 0.397. The van der Waals surface area contributed by atoms with Crippen LogP contribution >= 0.6 is 0 Å². The predicted molar refractivity (Wildman–Crippen MR) is 123 cm³/mol. The molecule has 0 aliphatic heterocycles. The van der Waals surface area contributed by atoms with Crippen LogP contribution in [0.1, 0.15) is 18.1 Å². The van der Waals surface area contributed by atoms with E-state index in [4.69, 9.17) is 4.74 Å². The summed E-state index contributed by atoms with van der Waals surface area (Å²) in [4.78, 5) is 16.6. The molecule has 1 heterocycles. The maximum absolute atomic E-state index is 13.5. The third kappa shape index (κ3) is 5.70. The number of carbonyl (C=O) groups excluding carboxylic acids is 1. The number of anilines is 1. The molecule has 1 aromatic heterocycles. The van der Waals surface area contributed by atoms with Crippen LogP contribution in [0, 0.1) is 6.92 Å². The number of nitrogens with zero attached hydrogens (tertiary/aromatic N) is 3. The molecule has 0 bridgehead atoms. The van der Waals surface area contributed by atoms with E-state index in [1.54, 1.807) is 67.8 Å². The second-order valence-electron chi connectivity index (χ2n) is 6.80. The maximum atomic E-state index is 13.5. The van der Waals surface area contributed by atoms with Crippen LogP contribution < -0.4 is 14.5 Å². The topological polar surface area (TPSA) is 101 Å². The molecule has 0 atom stereocenters. The van der Waals surface area contributed by atoms with Gasteiger partial charge >= 0.3 is 0 Å². The molecule has 1 amide bonds. The standard InChI is InChI=1S/C23H24N4O4S/c1-3-31-22-7-5-4-6-21(22)27(32(29,30)20-10-8-18(2)9-11-20)17-23(28)26-25-16-19-12-14-24-15-13-19/h4-16H,3,17H2,1-2H3,(H,26,28)/b25-16-. The minimum Gasteiger partial charge on any atom is -0.492 e. The van der Waals surface area contributed by atoms with E-state index in [1.807, 2.05) is 6.92 Å². The number of amides is 1. The van der Waals surface area contributed by atoms with Gasteiger partial charge in [0.15, 0.2) is 0 Å². The van der Waals surface area contributed by atoms with Crippen molar-refractivity contribution in [2.75, 3.05) is 17.5 Å². The predicted octanol–water partition coefficient (Wildman–Crippen LogP) is 3.13. The molecule has 0 fully saturated rings. The van der Waals surface area contributed by atoms with Crippen LogP contribution in [0.4, 0.5) is 5.69 Å². The number of para-hydroxylation sites is 2. The highest BCUT2D eigenvalue weighted by molar-refractivity contribution is 7.92. The third-order valence-corrected chi connectivity index (χ3v) is 6.21. The van der Waals surface area contributed by atoms with Gasteiger partial charge in [0, 0.05) is 12.4 Å². The molecule has 8 nitrogen and oxygen atoms in total. The Morgan fingerprint density at radius 1 is 1.09 bits per heavy atom. The summed E-state index contributed by atoms with van der Waals surface area (Å²) < 4.78 is 33.6. The maximum Gasteiger partial charge on any atom is 0.264 e. The molecule has 166 valence electrons. The zero-order valence-electron chi connectivity index (χ0n) is 17.8. The molecule has 3 aromatic rings. The van der Waals surface area contributed by atoms with Crippen LogP contribution in [0.2, 0.25) is 0 Å². The molecule has 0 spiro atoms. The number of carbonyl (C=O) groups is 1. The van der Waals surface area contributed by atoms with Crippen molar-refractivity contribution in [1.82, 2.24) is 10.4 Å². The first-order chi connectivity index (χ1) is 15.4. The van der Waals surface area contributed by atoms with Crippen molar-refractivity contribution in [2.45, 2.75) is 18.7 Å². The molecule has 9 heteroatoms. The Bertz CT molecular complexity index is 1180. The summed E-state index contributed by atoms with van der Waals surface area (Å²) in [5.41, 5.74) is 4.31. The molecular formula is C23H24N4O4S. The van der Waals surface area contributed by atoms with Gasteiger partial charge in [-0.25, -0.2) is 13.8 Å². The molecule has 0 aliphatic rings. The fourth-order valence-corrected chi connectivity index (χ4v) is 4.30. The number of ether oxygens (including phenoxy) is 1. The lowest BCUT2D eigenvalue weighted by atomic mass is 10.2. The smallest absolute Gasteiger partial charge is 0.264 e. The Morgan fingerprint density at radius 3 is 2.47 bits per heavy atom.